The fraction of sp³-hybridized carbons (Fsp3) is 0.375. The van der Waals surface area contributed by atoms with E-state index in [9.17, 15) is 0 Å². The van der Waals surface area contributed by atoms with Crippen molar-refractivity contribution in [2.45, 2.75) is 32.6 Å². The van der Waals surface area contributed by atoms with Gasteiger partial charge in [-0.05, 0) is 47.6 Å². The van der Waals surface area contributed by atoms with E-state index in [-0.39, 0.29) is 0 Å². The number of rotatable bonds is 3. The molecule has 0 radical (unpaired) electrons. The third kappa shape index (κ3) is 1.84. The highest BCUT2D eigenvalue weighted by atomic mass is 14.3. The molecule has 2 aromatic rings. The van der Waals surface area contributed by atoms with Gasteiger partial charge in [0.05, 0.1) is 0 Å². The molecule has 0 bridgehead atoms. The summed E-state index contributed by atoms with van der Waals surface area (Å²) >= 11 is 0. The molecule has 1 aliphatic carbocycles. The zero-order valence-electron chi connectivity index (χ0n) is 9.87. The van der Waals surface area contributed by atoms with Gasteiger partial charge in [0.1, 0.15) is 0 Å². The molecule has 0 heteroatoms. The Kier molecular flexibility index (Phi) is 2.43. The van der Waals surface area contributed by atoms with Gasteiger partial charge in [0, 0.05) is 0 Å². The molecule has 16 heavy (non-hydrogen) atoms. The number of benzene rings is 2. The third-order valence-electron chi connectivity index (χ3n) is 3.83. The lowest BCUT2D eigenvalue weighted by Gasteiger charge is -2.09. The van der Waals surface area contributed by atoms with Crippen molar-refractivity contribution in [2.24, 2.45) is 5.92 Å². The van der Waals surface area contributed by atoms with Crippen LogP contribution in [0.1, 0.15) is 30.4 Å². The lowest BCUT2D eigenvalue weighted by atomic mass is 9.96. The Morgan fingerprint density at radius 1 is 1.06 bits per heavy atom. The minimum atomic E-state index is 1.03. The Morgan fingerprint density at radius 2 is 1.88 bits per heavy atom. The summed E-state index contributed by atoms with van der Waals surface area (Å²) < 4.78 is 0. The largest absolute Gasteiger partial charge is 0.0616 e. The van der Waals surface area contributed by atoms with Crippen LogP contribution in [-0.4, -0.2) is 0 Å². The summed E-state index contributed by atoms with van der Waals surface area (Å²) in [7, 11) is 0. The van der Waals surface area contributed by atoms with Gasteiger partial charge in [0.15, 0.2) is 0 Å². The van der Waals surface area contributed by atoms with Gasteiger partial charge in [0.2, 0.25) is 0 Å². The van der Waals surface area contributed by atoms with E-state index in [4.69, 9.17) is 0 Å². The molecule has 0 nitrogen and oxygen atoms in total. The van der Waals surface area contributed by atoms with Crippen LogP contribution in [0, 0.1) is 12.8 Å². The van der Waals surface area contributed by atoms with Gasteiger partial charge in [0.25, 0.3) is 0 Å². The molecular formula is C16H18. The topological polar surface area (TPSA) is 0 Å². The highest BCUT2D eigenvalue weighted by Gasteiger charge is 2.20. The molecule has 1 fully saturated rings. The SMILES string of the molecule is Cc1c(CCC2CC2)ccc2ccccc12. The van der Waals surface area contributed by atoms with E-state index in [0.717, 1.165) is 5.92 Å². The lowest BCUT2D eigenvalue weighted by molar-refractivity contribution is 0.725. The molecular weight excluding hydrogens is 192 g/mol. The molecule has 0 saturated heterocycles. The second-order valence-corrected chi connectivity index (χ2v) is 5.05. The maximum Gasteiger partial charge on any atom is -0.0152 e. The van der Waals surface area contributed by atoms with Crippen molar-refractivity contribution >= 4 is 10.8 Å². The fourth-order valence-electron chi connectivity index (χ4n) is 2.51. The molecule has 0 spiro atoms. The smallest absolute Gasteiger partial charge is 0.0152 e. The maximum atomic E-state index is 2.32. The highest BCUT2D eigenvalue weighted by molar-refractivity contribution is 5.86. The Balaban J connectivity index is 1.94. The van der Waals surface area contributed by atoms with Crippen LogP contribution in [-0.2, 0) is 6.42 Å². The summed E-state index contributed by atoms with van der Waals surface area (Å²) in [4.78, 5) is 0. The Labute approximate surface area is 97.3 Å². The van der Waals surface area contributed by atoms with Crippen LogP contribution < -0.4 is 0 Å². The predicted octanol–water partition coefficient (Wildman–Crippen LogP) is 4.49. The van der Waals surface area contributed by atoms with Crippen molar-refractivity contribution in [3.63, 3.8) is 0 Å². The highest BCUT2D eigenvalue weighted by Crippen LogP contribution is 2.34. The maximum absolute atomic E-state index is 2.32. The average molecular weight is 210 g/mol. The normalized spacial score (nSPS) is 15.6. The van der Waals surface area contributed by atoms with Gasteiger partial charge in [-0.3, -0.25) is 0 Å². The van der Waals surface area contributed by atoms with E-state index in [1.807, 2.05) is 0 Å². The van der Waals surface area contributed by atoms with E-state index >= 15 is 0 Å². The summed E-state index contributed by atoms with van der Waals surface area (Å²) in [6.45, 7) is 2.27. The van der Waals surface area contributed by atoms with Crippen molar-refractivity contribution < 1.29 is 0 Å². The van der Waals surface area contributed by atoms with Crippen molar-refractivity contribution in [3.05, 3.63) is 47.5 Å². The van der Waals surface area contributed by atoms with Crippen LogP contribution >= 0.6 is 0 Å². The van der Waals surface area contributed by atoms with E-state index < -0.39 is 0 Å². The van der Waals surface area contributed by atoms with Gasteiger partial charge in [-0.1, -0.05) is 49.2 Å². The molecule has 1 aliphatic rings. The van der Waals surface area contributed by atoms with Gasteiger partial charge in [-0.2, -0.15) is 0 Å². The molecule has 1 saturated carbocycles. The number of hydrogen-bond acceptors (Lipinski definition) is 0. The van der Waals surface area contributed by atoms with Crippen molar-refractivity contribution in [3.8, 4) is 0 Å². The Bertz CT molecular complexity index is 506. The van der Waals surface area contributed by atoms with E-state index in [1.165, 1.54) is 42.0 Å². The summed E-state index contributed by atoms with van der Waals surface area (Å²) in [5, 5.41) is 2.80. The second-order valence-electron chi connectivity index (χ2n) is 5.05. The van der Waals surface area contributed by atoms with Crippen molar-refractivity contribution in [1.82, 2.24) is 0 Å². The van der Waals surface area contributed by atoms with Crippen LogP contribution in [0.15, 0.2) is 36.4 Å². The quantitative estimate of drug-likeness (QED) is 0.700. The Hall–Kier alpha value is -1.30. The monoisotopic (exact) mass is 210 g/mol. The molecule has 3 rings (SSSR count). The molecule has 0 unspecified atom stereocenters. The fourth-order valence-corrected chi connectivity index (χ4v) is 2.51. The summed E-state index contributed by atoms with van der Waals surface area (Å²) in [5.74, 6) is 1.03. The van der Waals surface area contributed by atoms with Crippen molar-refractivity contribution in [1.29, 1.82) is 0 Å². The third-order valence-corrected chi connectivity index (χ3v) is 3.83. The molecule has 2 aromatic carbocycles. The first-order valence-electron chi connectivity index (χ1n) is 6.32. The van der Waals surface area contributed by atoms with E-state index in [0.29, 0.717) is 0 Å². The molecule has 82 valence electrons. The minimum Gasteiger partial charge on any atom is -0.0616 e. The van der Waals surface area contributed by atoms with Crippen LogP contribution in [0.25, 0.3) is 10.8 Å². The van der Waals surface area contributed by atoms with Crippen LogP contribution in [0.4, 0.5) is 0 Å². The van der Waals surface area contributed by atoms with E-state index in [1.54, 1.807) is 5.56 Å². The average Bonchev–Trinajstić information content (AvgIpc) is 3.13. The van der Waals surface area contributed by atoms with Crippen LogP contribution in [0.5, 0.6) is 0 Å². The van der Waals surface area contributed by atoms with Gasteiger partial charge >= 0.3 is 0 Å². The van der Waals surface area contributed by atoms with Gasteiger partial charge < -0.3 is 0 Å². The van der Waals surface area contributed by atoms with Crippen LogP contribution in [0.3, 0.4) is 0 Å². The lowest BCUT2D eigenvalue weighted by Crippen LogP contribution is -1.92. The van der Waals surface area contributed by atoms with Gasteiger partial charge in [-0.25, -0.2) is 0 Å². The molecule has 0 atom stereocenters. The molecule has 0 N–H and O–H groups in total. The molecule has 0 amide bonds. The first-order chi connectivity index (χ1) is 7.84. The van der Waals surface area contributed by atoms with Crippen molar-refractivity contribution in [2.75, 3.05) is 0 Å². The van der Waals surface area contributed by atoms with E-state index in [2.05, 4.69) is 43.3 Å². The predicted molar refractivity (Wildman–Crippen MR) is 69.7 cm³/mol. The van der Waals surface area contributed by atoms with Crippen LogP contribution in [0.2, 0.25) is 0 Å². The summed E-state index contributed by atoms with van der Waals surface area (Å²) in [6.07, 6.45) is 5.58. The molecule has 0 aromatic heterocycles. The zero-order chi connectivity index (χ0) is 11.0. The standard InChI is InChI=1S/C16H18/c1-12-14(9-8-13-6-7-13)10-11-15-4-2-3-5-16(12)15/h2-5,10-11,13H,6-9H2,1H3. The number of hydrogen-bond donors (Lipinski definition) is 0. The summed E-state index contributed by atoms with van der Waals surface area (Å²) in [5.41, 5.74) is 3.03. The first kappa shape index (κ1) is 9.89. The zero-order valence-corrected chi connectivity index (χ0v) is 9.87. The summed E-state index contributed by atoms with van der Waals surface area (Å²) in [6, 6.07) is 13.3. The van der Waals surface area contributed by atoms with Gasteiger partial charge in [-0.15, -0.1) is 0 Å². The first-order valence-corrected chi connectivity index (χ1v) is 6.32. The molecule has 0 heterocycles. The second kappa shape index (κ2) is 3.93. The number of fused-ring (bicyclic) bond motifs is 1. The number of aryl methyl sites for hydroxylation is 2. The molecule has 0 aliphatic heterocycles. The minimum absolute atomic E-state index is 1.03. The Morgan fingerprint density at radius 3 is 2.69 bits per heavy atom.